The Morgan fingerprint density at radius 3 is 2.72 bits per heavy atom. The van der Waals surface area contributed by atoms with E-state index in [9.17, 15) is 9.90 Å². The predicted octanol–water partition coefficient (Wildman–Crippen LogP) is 3.35. The van der Waals surface area contributed by atoms with Gasteiger partial charge in [0, 0.05) is 24.2 Å². The number of nitrogen functional groups attached to an aromatic ring is 1. The quantitative estimate of drug-likeness (QED) is 0.564. The van der Waals surface area contributed by atoms with Crippen LogP contribution in [-0.2, 0) is 4.74 Å². The van der Waals surface area contributed by atoms with Crippen molar-refractivity contribution in [2.24, 2.45) is 0 Å². The third kappa shape index (κ3) is 3.51. The van der Waals surface area contributed by atoms with Crippen LogP contribution in [0.4, 0.5) is 11.6 Å². The van der Waals surface area contributed by atoms with E-state index < -0.39 is 5.97 Å². The van der Waals surface area contributed by atoms with Gasteiger partial charge >= 0.3 is 5.97 Å². The molecule has 0 fully saturated rings. The van der Waals surface area contributed by atoms with Crippen LogP contribution >= 0.6 is 22.9 Å². The Morgan fingerprint density at radius 1 is 1.36 bits per heavy atom. The molecule has 0 atom stereocenters. The van der Waals surface area contributed by atoms with Crippen molar-refractivity contribution in [3.05, 3.63) is 34.2 Å². The summed E-state index contributed by atoms with van der Waals surface area (Å²) in [4.78, 5) is 20.9. The van der Waals surface area contributed by atoms with Gasteiger partial charge in [-0.15, -0.1) is 11.3 Å². The van der Waals surface area contributed by atoms with E-state index in [0.29, 0.717) is 40.0 Å². The van der Waals surface area contributed by atoms with Crippen molar-refractivity contribution < 1.29 is 14.6 Å². The van der Waals surface area contributed by atoms with E-state index in [1.165, 1.54) is 0 Å². The van der Waals surface area contributed by atoms with Crippen LogP contribution in [0.1, 0.15) is 9.67 Å². The minimum absolute atomic E-state index is 0.0496. The first kappa shape index (κ1) is 17.4. The molecule has 0 saturated heterocycles. The number of carboxylic acid groups (broad SMARTS) is 1. The molecule has 1 aromatic carbocycles. The minimum atomic E-state index is -1.09. The number of carbonyl (C=O) groups is 1. The second kappa shape index (κ2) is 7.22. The fourth-order valence-corrected chi connectivity index (χ4v) is 3.40. The summed E-state index contributed by atoms with van der Waals surface area (Å²) in [6, 6.07) is 7.09. The van der Waals surface area contributed by atoms with Gasteiger partial charge in [0.05, 0.1) is 23.4 Å². The average Bonchev–Trinajstić information content (AvgIpc) is 2.92. The summed E-state index contributed by atoms with van der Waals surface area (Å²) in [5.74, 6) is -0.705. The molecule has 0 saturated carbocycles. The van der Waals surface area contributed by atoms with E-state index in [2.05, 4.69) is 15.3 Å². The van der Waals surface area contributed by atoms with Gasteiger partial charge in [-0.05, 0) is 12.1 Å². The van der Waals surface area contributed by atoms with Gasteiger partial charge in [0.25, 0.3) is 0 Å². The van der Waals surface area contributed by atoms with Crippen molar-refractivity contribution in [3.63, 3.8) is 0 Å². The SMILES string of the molecule is COCCNc1nc(-c2ccc(Cl)cc2)c2c(N)c(C(=O)O)sc2n1. The number of ether oxygens (including phenoxy) is 1. The Morgan fingerprint density at radius 2 is 2.08 bits per heavy atom. The summed E-state index contributed by atoms with van der Waals surface area (Å²) < 4.78 is 5.01. The molecule has 4 N–H and O–H groups in total. The van der Waals surface area contributed by atoms with Gasteiger partial charge in [0.1, 0.15) is 9.71 Å². The zero-order valence-electron chi connectivity index (χ0n) is 13.2. The second-order valence-electron chi connectivity index (χ2n) is 5.15. The molecule has 0 amide bonds. The summed E-state index contributed by atoms with van der Waals surface area (Å²) in [5.41, 5.74) is 7.56. The van der Waals surface area contributed by atoms with Crippen LogP contribution in [0.25, 0.3) is 21.5 Å². The number of nitrogens with two attached hydrogens (primary N) is 1. The van der Waals surface area contributed by atoms with Crippen molar-refractivity contribution in [3.8, 4) is 11.3 Å². The maximum Gasteiger partial charge on any atom is 0.348 e. The number of anilines is 2. The van der Waals surface area contributed by atoms with Crippen molar-refractivity contribution in [1.82, 2.24) is 9.97 Å². The molecule has 2 aromatic heterocycles. The van der Waals surface area contributed by atoms with Crippen LogP contribution in [0.15, 0.2) is 24.3 Å². The van der Waals surface area contributed by atoms with E-state index in [-0.39, 0.29) is 10.6 Å². The van der Waals surface area contributed by atoms with E-state index in [4.69, 9.17) is 22.1 Å². The number of hydrogen-bond acceptors (Lipinski definition) is 7. The predicted molar refractivity (Wildman–Crippen MR) is 99.6 cm³/mol. The van der Waals surface area contributed by atoms with Gasteiger partial charge in [-0.2, -0.15) is 0 Å². The summed E-state index contributed by atoms with van der Waals surface area (Å²) in [7, 11) is 1.60. The lowest BCUT2D eigenvalue weighted by Crippen LogP contribution is -2.10. The Balaban J connectivity index is 2.19. The monoisotopic (exact) mass is 378 g/mol. The Kier molecular flexibility index (Phi) is 5.03. The maximum atomic E-state index is 11.4. The van der Waals surface area contributed by atoms with E-state index in [1.807, 2.05) is 0 Å². The fourth-order valence-electron chi connectivity index (χ4n) is 2.34. The second-order valence-corrected chi connectivity index (χ2v) is 6.59. The molecule has 130 valence electrons. The number of benzene rings is 1. The number of thiophene rings is 1. The number of aromatic nitrogens is 2. The highest BCUT2D eigenvalue weighted by molar-refractivity contribution is 7.21. The third-order valence-corrected chi connectivity index (χ3v) is 4.83. The standard InChI is InChI=1S/C16H15ClN4O3S/c1-24-7-6-19-16-20-12(8-2-4-9(17)5-3-8)10-11(18)13(15(22)23)25-14(10)21-16/h2-5H,6-7,18H2,1H3,(H,22,23)(H,19,20,21). The van der Waals surface area contributed by atoms with Crippen LogP contribution < -0.4 is 11.1 Å². The minimum Gasteiger partial charge on any atom is -0.477 e. The molecule has 3 aromatic rings. The first-order chi connectivity index (χ1) is 12.0. The van der Waals surface area contributed by atoms with Crippen molar-refractivity contribution in [2.45, 2.75) is 0 Å². The first-order valence-corrected chi connectivity index (χ1v) is 8.52. The van der Waals surface area contributed by atoms with Crippen LogP contribution in [0.2, 0.25) is 5.02 Å². The number of carboxylic acids is 1. The number of rotatable bonds is 6. The molecule has 2 heterocycles. The van der Waals surface area contributed by atoms with Gasteiger partial charge in [-0.1, -0.05) is 23.7 Å². The fraction of sp³-hybridized carbons (Fsp3) is 0.188. The lowest BCUT2D eigenvalue weighted by molar-refractivity contribution is 0.0703. The number of nitrogens with zero attached hydrogens (tertiary/aromatic N) is 2. The molecular formula is C16H15ClN4O3S. The third-order valence-electron chi connectivity index (χ3n) is 3.49. The molecule has 0 aliphatic carbocycles. The Bertz CT molecular complexity index is 927. The van der Waals surface area contributed by atoms with Gasteiger partial charge in [-0.3, -0.25) is 0 Å². The summed E-state index contributed by atoms with van der Waals surface area (Å²) in [6.45, 7) is 1.01. The molecule has 0 unspecified atom stereocenters. The molecule has 3 rings (SSSR count). The smallest absolute Gasteiger partial charge is 0.348 e. The molecule has 0 bridgehead atoms. The molecule has 7 nitrogen and oxygen atoms in total. The van der Waals surface area contributed by atoms with Crippen molar-refractivity contribution >= 4 is 50.8 Å². The van der Waals surface area contributed by atoms with Gasteiger partial charge in [-0.25, -0.2) is 14.8 Å². The number of nitrogens with one attached hydrogen (secondary N) is 1. The van der Waals surface area contributed by atoms with Gasteiger partial charge in [0.15, 0.2) is 0 Å². The van der Waals surface area contributed by atoms with Crippen LogP contribution in [0.3, 0.4) is 0 Å². The molecule has 0 aliphatic rings. The maximum absolute atomic E-state index is 11.4. The average molecular weight is 379 g/mol. The highest BCUT2D eigenvalue weighted by Crippen LogP contribution is 2.39. The highest BCUT2D eigenvalue weighted by Gasteiger charge is 2.21. The molecule has 25 heavy (non-hydrogen) atoms. The number of aromatic carboxylic acids is 1. The normalized spacial score (nSPS) is 11.0. The van der Waals surface area contributed by atoms with Gasteiger partial charge < -0.3 is 20.9 Å². The molecule has 9 heteroatoms. The zero-order valence-corrected chi connectivity index (χ0v) is 14.8. The molecular weight excluding hydrogens is 364 g/mol. The van der Waals surface area contributed by atoms with Crippen molar-refractivity contribution in [1.29, 1.82) is 0 Å². The summed E-state index contributed by atoms with van der Waals surface area (Å²) in [6.07, 6.45) is 0. The number of halogens is 1. The first-order valence-electron chi connectivity index (χ1n) is 7.33. The largest absolute Gasteiger partial charge is 0.477 e. The van der Waals surface area contributed by atoms with Crippen LogP contribution in [0, 0.1) is 0 Å². The van der Waals surface area contributed by atoms with Crippen LogP contribution in [-0.4, -0.2) is 41.3 Å². The Labute approximate surface area is 152 Å². The number of methoxy groups -OCH3 is 1. The van der Waals surface area contributed by atoms with E-state index in [1.54, 1.807) is 31.4 Å². The van der Waals surface area contributed by atoms with Gasteiger partial charge in [0.2, 0.25) is 5.95 Å². The van der Waals surface area contributed by atoms with Crippen LogP contribution in [0.5, 0.6) is 0 Å². The number of fused-ring (bicyclic) bond motifs is 1. The van der Waals surface area contributed by atoms with Crippen molar-refractivity contribution in [2.75, 3.05) is 31.3 Å². The summed E-state index contributed by atoms with van der Waals surface area (Å²) in [5, 5.41) is 13.5. The summed E-state index contributed by atoms with van der Waals surface area (Å²) >= 11 is 6.98. The molecule has 0 spiro atoms. The number of hydrogen-bond donors (Lipinski definition) is 3. The molecule has 0 aliphatic heterocycles. The van der Waals surface area contributed by atoms with E-state index >= 15 is 0 Å². The Hall–Kier alpha value is -2.42. The lowest BCUT2D eigenvalue weighted by atomic mass is 10.1. The topological polar surface area (TPSA) is 110 Å². The van der Waals surface area contributed by atoms with E-state index in [0.717, 1.165) is 16.9 Å². The molecule has 0 radical (unpaired) electrons. The highest BCUT2D eigenvalue weighted by atomic mass is 35.5. The lowest BCUT2D eigenvalue weighted by Gasteiger charge is -2.09. The zero-order chi connectivity index (χ0) is 18.0.